The molecule has 1 aromatic carbocycles. The molecule has 1 aromatic rings. The second kappa shape index (κ2) is 5.22. The van der Waals surface area contributed by atoms with Crippen molar-refractivity contribution in [2.24, 2.45) is 0 Å². The predicted molar refractivity (Wildman–Crippen MR) is 44.4 cm³/mol. The van der Waals surface area contributed by atoms with E-state index < -0.39 is 25.0 Å². The van der Waals surface area contributed by atoms with Gasteiger partial charge < -0.3 is 0 Å². The molecule has 0 bridgehead atoms. The molecule has 3 nitrogen and oxygen atoms in total. The van der Waals surface area contributed by atoms with E-state index >= 15 is 0 Å². The van der Waals surface area contributed by atoms with Crippen LogP contribution in [0, 0.1) is 0 Å². The van der Waals surface area contributed by atoms with E-state index in [0.717, 1.165) is 5.75 Å². The molecule has 4 heteroatoms. The van der Waals surface area contributed by atoms with Crippen molar-refractivity contribution in [1.82, 2.24) is 0 Å². The van der Waals surface area contributed by atoms with E-state index in [2.05, 4.69) is 0 Å². The molecule has 0 aliphatic rings. The van der Waals surface area contributed by atoms with Crippen LogP contribution in [-0.2, 0) is 32.5 Å². The van der Waals surface area contributed by atoms with E-state index in [9.17, 15) is 4.79 Å². The third kappa shape index (κ3) is 3.76. The van der Waals surface area contributed by atoms with E-state index in [0.29, 0.717) is 0 Å². The van der Waals surface area contributed by atoms with Crippen LogP contribution in [0.1, 0.15) is 6.92 Å². The minimum absolute atomic E-state index is 0.169. The van der Waals surface area contributed by atoms with Crippen LogP contribution < -0.4 is 7.81 Å². The predicted octanol–water partition coefficient (Wildman–Crippen LogP) is 0.881. The number of hydrogen-bond donors (Lipinski definition) is 0. The van der Waals surface area contributed by atoms with Crippen LogP contribution in [0.5, 0.6) is 5.75 Å². The second-order valence-corrected chi connectivity index (χ2v) is 8.05. The van der Waals surface area contributed by atoms with Crippen LogP contribution in [0.15, 0.2) is 24.3 Å². The Morgan fingerprint density at radius 2 is 1.92 bits per heavy atom. The molecule has 0 fully saturated rings. The summed E-state index contributed by atoms with van der Waals surface area (Å²) in [6.07, 6.45) is 0. The molecule has 0 heterocycles. The number of carbonyl (C=O) groups is 1. The Morgan fingerprint density at radius 3 is 2.38 bits per heavy atom. The Bertz CT molecular complexity index is 281. The van der Waals surface area contributed by atoms with Crippen molar-refractivity contribution in [2.45, 2.75) is 6.92 Å². The summed E-state index contributed by atoms with van der Waals surface area (Å²) in [6.45, 7) is 1.45. The standard InChI is InChI=1S/C7H7O.C2H4O2.Hg/c1-8-7-5-3-2-4-6-7;1-2(3)4;/h3-6H,1H3;1H3,(H,3,4);/q;;+1/p-1. The van der Waals surface area contributed by atoms with Gasteiger partial charge in [-0.25, -0.2) is 0 Å². The van der Waals surface area contributed by atoms with Gasteiger partial charge in [-0.1, -0.05) is 0 Å². The van der Waals surface area contributed by atoms with Gasteiger partial charge in [-0.3, -0.25) is 0 Å². The van der Waals surface area contributed by atoms with E-state index in [4.69, 9.17) is 7.38 Å². The van der Waals surface area contributed by atoms with E-state index in [1.165, 1.54) is 10.00 Å². The first-order valence-electron chi connectivity index (χ1n) is 3.98. The normalized spacial score (nSPS) is 8.77. The molecule has 13 heavy (non-hydrogen) atoms. The van der Waals surface area contributed by atoms with Crippen molar-refractivity contribution in [3.05, 3.63) is 24.3 Å². The summed E-state index contributed by atoms with van der Waals surface area (Å²) in [5.74, 6) is 0.664. The van der Waals surface area contributed by atoms with Crippen molar-refractivity contribution >= 4 is 9.04 Å². The summed E-state index contributed by atoms with van der Waals surface area (Å²) in [5, 5.41) is 0. The molecule has 0 aliphatic carbocycles. The van der Waals surface area contributed by atoms with Gasteiger partial charge >= 0.3 is 90.3 Å². The minimum atomic E-state index is -1.61. The Morgan fingerprint density at radius 1 is 1.31 bits per heavy atom. The number of hydrogen-bond acceptors (Lipinski definition) is 3. The molecular formula is C9H10HgO3. The van der Waals surface area contributed by atoms with Gasteiger partial charge in [0.1, 0.15) is 0 Å². The van der Waals surface area contributed by atoms with E-state index in [1.54, 1.807) is 7.11 Å². The maximum atomic E-state index is 10.5. The summed E-state index contributed by atoms with van der Waals surface area (Å²) >= 11 is -1.61. The molecule has 66 valence electrons. The first kappa shape index (κ1) is 10.5. The summed E-state index contributed by atoms with van der Waals surface area (Å²) < 4.78 is 11.2. The van der Waals surface area contributed by atoms with Gasteiger partial charge in [-0.05, 0) is 0 Å². The average molecular weight is 367 g/mol. The van der Waals surface area contributed by atoms with Gasteiger partial charge in [0.25, 0.3) is 0 Å². The molecule has 0 amide bonds. The van der Waals surface area contributed by atoms with Gasteiger partial charge in [0, 0.05) is 0 Å². The Balaban J connectivity index is 2.54. The first-order valence-corrected chi connectivity index (χ1v) is 8.98. The zero-order valence-corrected chi connectivity index (χ0v) is 13.2. The average Bonchev–Trinajstić information content (AvgIpc) is 2.15. The molecule has 0 atom stereocenters. The van der Waals surface area contributed by atoms with Crippen LogP contribution in [0.4, 0.5) is 0 Å². The first-order chi connectivity index (χ1) is 6.22. The quantitative estimate of drug-likeness (QED) is 0.745. The topological polar surface area (TPSA) is 35.5 Å². The Kier molecular flexibility index (Phi) is 4.22. The zero-order valence-electron chi connectivity index (χ0n) is 7.74. The molecule has 0 radical (unpaired) electrons. The maximum absolute atomic E-state index is 10.5. The SMILES string of the molecule is COc1cc[c]([Hg][O]C(C)=O)cc1. The fourth-order valence-corrected chi connectivity index (χ4v) is 4.01. The van der Waals surface area contributed by atoms with Gasteiger partial charge in [0.15, 0.2) is 0 Å². The number of benzene rings is 1. The molecule has 0 spiro atoms. The van der Waals surface area contributed by atoms with Crippen molar-refractivity contribution in [3.8, 4) is 5.75 Å². The summed E-state index contributed by atoms with van der Waals surface area (Å²) in [6, 6.07) is 7.70. The van der Waals surface area contributed by atoms with Gasteiger partial charge in [-0.2, -0.15) is 0 Å². The van der Waals surface area contributed by atoms with Crippen LogP contribution in [0.25, 0.3) is 0 Å². The number of ether oxygens (including phenoxy) is 1. The molecule has 0 aromatic heterocycles. The van der Waals surface area contributed by atoms with Gasteiger partial charge in [-0.15, -0.1) is 0 Å². The van der Waals surface area contributed by atoms with Crippen LogP contribution in [0.3, 0.4) is 0 Å². The van der Waals surface area contributed by atoms with Gasteiger partial charge in [0.05, 0.1) is 0 Å². The Hall–Kier alpha value is -0.575. The van der Waals surface area contributed by atoms with Crippen molar-refractivity contribution < 1.29 is 37.2 Å². The molecule has 0 saturated heterocycles. The zero-order chi connectivity index (χ0) is 9.68. The molecular weight excluding hydrogens is 357 g/mol. The number of methoxy groups -OCH3 is 1. The summed E-state index contributed by atoms with van der Waals surface area (Å²) in [4.78, 5) is 10.5. The molecule has 0 unspecified atom stereocenters. The summed E-state index contributed by atoms with van der Waals surface area (Å²) in [7, 11) is 1.63. The number of carbonyl (C=O) groups excluding carboxylic acids is 1. The van der Waals surface area contributed by atoms with Gasteiger partial charge in [0.2, 0.25) is 0 Å². The van der Waals surface area contributed by atoms with Crippen molar-refractivity contribution in [2.75, 3.05) is 7.11 Å². The van der Waals surface area contributed by atoms with E-state index in [1.807, 2.05) is 24.3 Å². The fraction of sp³-hybridized carbons (Fsp3) is 0.222. The molecule has 0 saturated carbocycles. The number of rotatable bonds is 3. The molecule has 0 aliphatic heterocycles. The third-order valence-corrected chi connectivity index (χ3v) is 6.87. The van der Waals surface area contributed by atoms with Crippen LogP contribution in [-0.4, -0.2) is 13.1 Å². The van der Waals surface area contributed by atoms with Crippen LogP contribution in [0.2, 0.25) is 0 Å². The Labute approximate surface area is 90.1 Å². The molecule has 1 rings (SSSR count). The second-order valence-electron chi connectivity index (χ2n) is 2.63. The third-order valence-electron chi connectivity index (χ3n) is 1.60. The van der Waals surface area contributed by atoms with Crippen LogP contribution >= 0.6 is 0 Å². The molecule has 0 N–H and O–H groups in total. The summed E-state index contributed by atoms with van der Waals surface area (Å²) in [5.41, 5.74) is 0. The van der Waals surface area contributed by atoms with Crippen molar-refractivity contribution in [3.63, 3.8) is 0 Å². The monoisotopic (exact) mass is 368 g/mol. The van der Waals surface area contributed by atoms with E-state index in [-0.39, 0.29) is 5.97 Å². The van der Waals surface area contributed by atoms with Crippen molar-refractivity contribution in [1.29, 1.82) is 0 Å². The fourth-order valence-electron chi connectivity index (χ4n) is 0.907.